The minimum absolute atomic E-state index is 0.0155. The second kappa shape index (κ2) is 6.77. The topological polar surface area (TPSA) is 108 Å². The van der Waals surface area contributed by atoms with Crippen LogP contribution in [0.4, 0.5) is 4.79 Å². The number of alkyl carbamates (subject to hydrolysis) is 1. The highest BCUT2D eigenvalue weighted by Crippen LogP contribution is 2.14. The maximum atomic E-state index is 11.4. The van der Waals surface area contributed by atoms with Gasteiger partial charge in [-0.2, -0.15) is 0 Å². The van der Waals surface area contributed by atoms with Crippen LogP contribution in [0.25, 0.3) is 0 Å². The maximum Gasteiger partial charge on any atom is 0.407 e. The predicted molar refractivity (Wildman–Crippen MR) is 77.5 cm³/mol. The molecule has 0 bridgehead atoms. The van der Waals surface area contributed by atoms with Crippen molar-refractivity contribution in [3.8, 4) is 5.75 Å². The summed E-state index contributed by atoms with van der Waals surface area (Å²) in [6.45, 7) is 5.82. The number of sulfonamides is 1. The zero-order valence-electron chi connectivity index (χ0n) is 12.3. The van der Waals surface area contributed by atoms with Crippen LogP contribution in [-0.2, 0) is 14.8 Å². The van der Waals surface area contributed by atoms with Gasteiger partial charge in [0.15, 0.2) is 0 Å². The van der Waals surface area contributed by atoms with Gasteiger partial charge in [-0.05, 0) is 45.0 Å². The summed E-state index contributed by atoms with van der Waals surface area (Å²) in [5.74, 6) is 0.480. The Bertz CT molecular complexity index is 576. The van der Waals surface area contributed by atoms with E-state index in [1.54, 1.807) is 20.8 Å². The molecule has 1 rings (SSSR count). The summed E-state index contributed by atoms with van der Waals surface area (Å²) < 4.78 is 32.5. The number of hydrogen-bond acceptors (Lipinski definition) is 5. The van der Waals surface area contributed by atoms with Crippen molar-refractivity contribution >= 4 is 16.1 Å². The van der Waals surface area contributed by atoms with Crippen molar-refractivity contribution in [3.05, 3.63) is 24.3 Å². The number of rotatable bonds is 5. The summed E-state index contributed by atoms with van der Waals surface area (Å²) in [4.78, 5) is 11.4. The number of benzene rings is 1. The molecule has 0 aliphatic rings. The van der Waals surface area contributed by atoms with E-state index < -0.39 is 21.7 Å². The molecule has 0 saturated carbocycles. The average Bonchev–Trinajstić information content (AvgIpc) is 2.32. The van der Waals surface area contributed by atoms with Crippen molar-refractivity contribution < 1.29 is 22.7 Å². The molecule has 21 heavy (non-hydrogen) atoms. The first-order valence-electron chi connectivity index (χ1n) is 6.30. The van der Waals surface area contributed by atoms with Gasteiger partial charge in [0.2, 0.25) is 10.0 Å². The molecule has 0 aromatic heterocycles. The van der Waals surface area contributed by atoms with Gasteiger partial charge in [-0.25, -0.2) is 18.4 Å². The molecule has 1 aromatic rings. The van der Waals surface area contributed by atoms with Gasteiger partial charge in [0.05, 0.1) is 11.4 Å². The zero-order chi connectivity index (χ0) is 16.1. The number of nitrogens with two attached hydrogens (primary N) is 1. The first-order chi connectivity index (χ1) is 9.58. The lowest BCUT2D eigenvalue weighted by molar-refractivity contribution is 0.0520. The molecule has 8 heteroatoms. The Balaban J connectivity index is 2.35. The predicted octanol–water partition coefficient (Wildman–Crippen LogP) is 1.24. The lowest BCUT2D eigenvalue weighted by atomic mass is 10.2. The summed E-state index contributed by atoms with van der Waals surface area (Å²) in [5.41, 5.74) is -0.547. The van der Waals surface area contributed by atoms with Gasteiger partial charge in [0.25, 0.3) is 0 Å². The highest BCUT2D eigenvalue weighted by Gasteiger charge is 2.15. The lowest BCUT2D eigenvalue weighted by Crippen LogP contribution is -2.34. The van der Waals surface area contributed by atoms with Crippen LogP contribution < -0.4 is 15.2 Å². The molecule has 0 aliphatic carbocycles. The number of primary sulfonamides is 1. The minimum Gasteiger partial charge on any atom is -0.492 e. The SMILES string of the molecule is CC(C)(C)OC(=O)NCCOc1ccc(S(N)(=O)=O)cc1. The summed E-state index contributed by atoms with van der Waals surface area (Å²) in [6.07, 6.45) is -0.518. The van der Waals surface area contributed by atoms with Crippen molar-refractivity contribution in [2.45, 2.75) is 31.3 Å². The van der Waals surface area contributed by atoms with E-state index in [-0.39, 0.29) is 18.0 Å². The largest absolute Gasteiger partial charge is 0.492 e. The van der Waals surface area contributed by atoms with Crippen molar-refractivity contribution in [2.24, 2.45) is 5.14 Å². The number of ether oxygens (including phenoxy) is 2. The monoisotopic (exact) mass is 316 g/mol. The van der Waals surface area contributed by atoms with E-state index in [1.165, 1.54) is 24.3 Å². The van der Waals surface area contributed by atoms with E-state index in [0.29, 0.717) is 5.75 Å². The molecule has 0 radical (unpaired) electrons. The molecule has 1 amide bonds. The normalized spacial score (nSPS) is 11.8. The van der Waals surface area contributed by atoms with E-state index in [2.05, 4.69) is 5.32 Å². The Hall–Kier alpha value is -1.80. The molecular weight excluding hydrogens is 296 g/mol. The van der Waals surface area contributed by atoms with Crippen molar-refractivity contribution in [1.82, 2.24) is 5.32 Å². The first kappa shape index (κ1) is 17.3. The molecule has 0 aliphatic heterocycles. The fourth-order valence-electron chi connectivity index (χ4n) is 1.36. The van der Waals surface area contributed by atoms with Crippen LogP contribution in [0.1, 0.15) is 20.8 Å². The molecule has 0 spiro atoms. The van der Waals surface area contributed by atoms with Crippen molar-refractivity contribution in [1.29, 1.82) is 0 Å². The average molecular weight is 316 g/mol. The van der Waals surface area contributed by atoms with E-state index in [4.69, 9.17) is 14.6 Å². The molecule has 0 fully saturated rings. The van der Waals surface area contributed by atoms with E-state index in [1.807, 2.05) is 0 Å². The molecule has 1 aromatic carbocycles. The number of carbonyl (C=O) groups excluding carboxylic acids is 1. The van der Waals surface area contributed by atoms with Crippen LogP contribution in [0.15, 0.2) is 29.2 Å². The summed E-state index contributed by atoms with van der Waals surface area (Å²) in [5, 5.41) is 7.53. The van der Waals surface area contributed by atoms with Crippen molar-refractivity contribution in [2.75, 3.05) is 13.2 Å². The number of amides is 1. The summed E-state index contributed by atoms with van der Waals surface area (Å²) in [7, 11) is -3.70. The fraction of sp³-hybridized carbons (Fsp3) is 0.462. The van der Waals surface area contributed by atoms with Gasteiger partial charge in [-0.1, -0.05) is 0 Å². The molecule has 0 heterocycles. The maximum absolute atomic E-state index is 11.4. The fourth-order valence-corrected chi connectivity index (χ4v) is 1.88. The third-order valence-electron chi connectivity index (χ3n) is 2.19. The standard InChI is InChI=1S/C13H20N2O5S/c1-13(2,3)20-12(16)15-8-9-19-10-4-6-11(7-5-10)21(14,17)18/h4-7H,8-9H2,1-3H3,(H,15,16)(H2,14,17,18). The van der Waals surface area contributed by atoms with E-state index in [9.17, 15) is 13.2 Å². The Kier molecular flexibility index (Phi) is 5.56. The Morgan fingerprint density at radius 1 is 1.24 bits per heavy atom. The zero-order valence-corrected chi connectivity index (χ0v) is 13.1. The van der Waals surface area contributed by atoms with Gasteiger partial charge in [-0.15, -0.1) is 0 Å². The molecular formula is C13H20N2O5S. The first-order valence-corrected chi connectivity index (χ1v) is 7.85. The molecule has 3 N–H and O–H groups in total. The van der Waals surface area contributed by atoms with Crippen molar-refractivity contribution in [3.63, 3.8) is 0 Å². The Morgan fingerprint density at radius 2 is 1.81 bits per heavy atom. The molecule has 118 valence electrons. The van der Waals surface area contributed by atoms with Crippen LogP contribution in [0.2, 0.25) is 0 Å². The molecule has 0 unspecified atom stereocenters. The van der Waals surface area contributed by atoms with Gasteiger partial charge in [-0.3, -0.25) is 0 Å². The third kappa shape index (κ3) is 6.96. The lowest BCUT2D eigenvalue weighted by Gasteiger charge is -2.19. The molecule has 0 saturated heterocycles. The second-order valence-corrected chi connectivity index (χ2v) is 6.85. The Labute approximate surface area is 124 Å². The summed E-state index contributed by atoms with van der Waals surface area (Å²) in [6, 6.07) is 5.69. The molecule has 0 atom stereocenters. The van der Waals surface area contributed by atoms with Crippen LogP contribution in [-0.4, -0.2) is 33.3 Å². The third-order valence-corrected chi connectivity index (χ3v) is 3.12. The number of carbonyl (C=O) groups is 1. The van der Waals surface area contributed by atoms with E-state index in [0.717, 1.165) is 0 Å². The van der Waals surface area contributed by atoms with E-state index >= 15 is 0 Å². The highest BCUT2D eigenvalue weighted by molar-refractivity contribution is 7.89. The van der Waals surface area contributed by atoms with Gasteiger partial charge >= 0.3 is 6.09 Å². The number of hydrogen-bond donors (Lipinski definition) is 2. The van der Waals surface area contributed by atoms with Gasteiger partial charge in [0, 0.05) is 0 Å². The van der Waals surface area contributed by atoms with Gasteiger partial charge in [0.1, 0.15) is 18.0 Å². The number of nitrogens with one attached hydrogen (secondary N) is 1. The van der Waals surface area contributed by atoms with Gasteiger partial charge < -0.3 is 14.8 Å². The van der Waals surface area contributed by atoms with Crippen LogP contribution in [0.3, 0.4) is 0 Å². The second-order valence-electron chi connectivity index (χ2n) is 5.29. The highest BCUT2D eigenvalue weighted by atomic mass is 32.2. The smallest absolute Gasteiger partial charge is 0.407 e. The minimum atomic E-state index is -3.70. The summed E-state index contributed by atoms with van der Waals surface area (Å²) >= 11 is 0. The quantitative estimate of drug-likeness (QED) is 0.795. The Morgan fingerprint density at radius 3 is 2.29 bits per heavy atom. The van der Waals surface area contributed by atoms with Crippen LogP contribution in [0.5, 0.6) is 5.75 Å². The molecule has 7 nitrogen and oxygen atoms in total. The van der Waals surface area contributed by atoms with Crippen LogP contribution in [0, 0.1) is 0 Å². The van der Waals surface area contributed by atoms with Crippen LogP contribution >= 0.6 is 0 Å².